The molecule has 0 saturated carbocycles. The Morgan fingerprint density at radius 2 is 1.60 bits per heavy atom. The van der Waals surface area contributed by atoms with Crippen molar-refractivity contribution in [1.82, 2.24) is 19.5 Å². The van der Waals surface area contributed by atoms with E-state index in [1.54, 1.807) is 0 Å². The van der Waals surface area contributed by atoms with E-state index in [2.05, 4.69) is 19.3 Å². The van der Waals surface area contributed by atoms with Crippen molar-refractivity contribution in [1.29, 1.82) is 0 Å². The summed E-state index contributed by atoms with van der Waals surface area (Å²) in [5, 5.41) is 50.5. The molecule has 0 aromatic carbocycles. The van der Waals surface area contributed by atoms with Crippen LogP contribution in [0.2, 0.25) is 0 Å². The highest BCUT2D eigenvalue weighted by Gasteiger charge is 2.51. The molecule has 0 amide bonds. The van der Waals surface area contributed by atoms with Gasteiger partial charge in [-0.1, -0.05) is 0 Å². The van der Waals surface area contributed by atoms with Gasteiger partial charge in [0.25, 0.3) is 6.23 Å². The first-order valence-electron chi connectivity index (χ1n) is 14.9. The maximum Gasteiger partial charge on any atom is 0.481 e. The van der Waals surface area contributed by atoms with Crippen LogP contribution < -0.4 is 10.3 Å². The highest BCUT2D eigenvalue weighted by atomic mass is 31.3. The number of pyridine rings is 1. The molecule has 11 N–H and O–H groups in total. The summed E-state index contributed by atoms with van der Waals surface area (Å²) in [6.07, 6.45) is -8.41. The van der Waals surface area contributed by atoms with E-state index in [1.165, 1.54) is 12.3 Å². The number of rotatable bonds is 16. The van der Waals surface area contributed by atoms with E-state index in [0.717, 1.165) is 28.0 Å². The zero-order valence-corrected chi connectivity index (χ0v) is 29.0. The summed E-state index contributed by atoms with van der Waals surface area (Å²) in [5.41, 5.74) is 6.04. The lowest BCUT2D eigenvalue weighted by Crippen LogP contribution is -2.46. The van der Waals surface area contributed by atoms with Crippen molar-refractivity contribution in [2.45, 2.75) is 61.9 Å². The SMILES string of the molecule is Nc1ncnc2c1ncn2[C@@H]1O[C@H](COP(=O)(O)OP(=O)(O)OC[C@@H]2O[C@H]([n+]3cc(CCCO)cc(C(=O)O)c3)[C@@H](O)[C@H]2O)[C@@H](O)[C@H]1OP(=O)(O)O. The summed E-state index contributed by atoms with van der Waals surface area (Å²) < 4.78 is 68.7. The number of ether oxygens (including phenoxy) is 2. The van der Waals surface area contributed by atoms with E-state index in [4.69, 9.17) is 33.9 Å². The van der Waals surface area contributed by atoms with Crippen LogP contribution >= 0.6 is 23.5 Å². The monoisotopic (exact) mass is 803 g/mol. The minimum Gasteiger partial charge on any atom is -0.477 e. The van der Waals surface area contributed by atoms with E-state index < -0.39 is 91.7 Å². The third-order valence-electron chi connectivity index (χ3n) is 7.69. The van der Waals surface area contributed by atoms with Gasteiger partial charge >= 0.3 is 29.4 Å². The fraction of sp³-hybridized carbons (Fsp3) is 0.542. The van der Waals surface area contributed by atoms with Crippen LogP contribution in [0.1, 0.15) is 34.8 Å². The molecule has 2 unspecified atom stereocenters. The molecule has 25 nitrogen and oxygen atoms in total. The molecule has 2 fully saturated rings. The third kappa shape index (κ3) is 9.42. The van der Waals surface area contributed by atoms with Gasteiger partial charge in [0, 0.05) is 12.2 Å². The Balaban J connectivity index is 1.21. The second-order valence-electron chi connectivity index (χ2n) is 11.4. The van der Waals surface area contributed by atoms with Crippen LogP contribution in [0.5, 0.6) is 0 Å². The van der Waals surface area contributed by atoms with Crippen molar-refractivity contribution >= 4 is 46.4 Å². The molecule has 0 radical (unpaired) electrons. The number of aromatic carboxylic acids is 1. The van der Waals surface area contributed by atoms with Crippen molar-refractivity contribution in [3.63, 3.8) is 0 Å². The average molecular weight is 803 g/mol. The van der Waals surface area contributed by atoms with Gasteiger partial charge in [-0.3, -0.25) is 18.1 Å². The first-order valence-corrected chi connectivity index (χ1v) is 19.4. The summed E-state index contributed by atoms with van der Waals surface area (Å²) in [7, 11) is -16.4. The number of anilines is 1. The number of nitrogens with zero attached hydrogens (tertiary/aromatic N) is 5. The molecule has 5 heterocycles. The molecule has 2 aliphatic heterocycles. The van der Waals surface area contributed by atoms with Crippen LogP contribution in [-0.4, -0.2) is 127 Å². The van der Waals surface area contributed by atoms with Crippen LogP contribution in [-0.2, 0) is 47.5 Å². The summed E-state index contributed by atoms with van der Waals surface area (Å²) in [6.45, 7) is -2.30. The first kappa shape index (κ1) is 40.3. The number of carboxylic acids is 1. The van der Waals surface area contributed by atoms with Gasteiger partial charge in [0.1, 0.15) is 47.9 Å². The molecule has 288 valence electrons. The maximum atomic E-state index is 12.6. The smallest absolute Gasteiger partial charge is 0.477 e. The van der Waals surface area contributed by atoms with Gasteiger partial charge in [0.15, 0.2) is 36.2 Å². The molecule has 3 aromatic heterocycles. The fourth-order valence-electron chi connectivity index (χ4n) is 5.38. The van der Waals surface area contributed by atoms with E-state index in [1.807, 2.05) is 0 Å². The van der Waals surface area contributed by atoms with E-state index in [9.17, 15) is 58.5 Å². The van der Waals surface area contributed by atoms with Crippen LogP contribution in [0.25, 0.3) is 11.2 Å². The van der Waals surface area contributed by atoms with Gasteiger partial charge in [0.05, 0.1) is 19.5 Å². The molecule has 28 heteroatoms. The largest absolute Gasteiger partial charge is 0.481 e. The van der Waals surface area contributed by atoms with Gasteiger partial charge in [-0.25, -0.2) is 33.4 Å². The Morgan fingerprint density at radius 1 is 0.942 bits per heavy atom. The molecule has 3 aromatic rings. The topological polar surface area (TPSA) is 379 Å². The number of hydrogen-bond acceptors (Lipinski definition) is 18. The van der Waals surface area contributed by atoms with E-state index in [-0.39, 0.29) is 42.0 Å². The fourth-order valence-corrected chi connectivity index (χ4v) is 8.02. The maximum absolute atomic E-state index is 12.6. The Morgan fingerprint density at radius 3 is 2.21 bits per heavy atom. The number of aromatic nitrogens is 5. The standard InChI is InChI=1S/C24H33N6O19P3/c25-20-15-21(27-9-26-20)30(10-28-15)23-19(48-50(37,38)39)17(33)14(47-23)8-45-52(42,43)49-51(40,41)44-7-13-16(32)18(34)22(46-13)29-5-11(2-1-3-31)4-12(6-29)24(35)36/h4-6,9-10,13-14,16-19,22-23,31-34H,1-3,7-8H2,(H6-,25,26,27,35,36,37,38,39,40,41,42,43)/p+1/t13-,14+,16-,17+,18-,19+,22-,23+/m0/s1. The number of imidazole rings is 1. The van der Waals surface area contributed by atoms with Crippen molar-refractivity contribution in [2.24, 2.45) is 0 Å². The molecule has 2 aliphatic rings. The van der Waals surface area contributed by atoms with Crippen molar-refractivity contribution in [3.05, 3.63) is 42.2 Å². The Hall–Kier alpha value is -2.90. The predicted molar refractivity (Wildman–Crippen MR) is 164 cm³/mol. The second-order valence-corrected chi connectivity index (χ2v) is 15.6. The minimum atomic E-state index is -5.57. The van der Waals surface area contributed by atoms with E-state index >= 15 is 0 Å². The number of phosphoric acid groups is 3. The summed E-state index contributed by atoms with van der Waals surface area (Å²) in [5.74, 6) is -1.39. The predicted octanol–water partition coefficient (Wildman–Crippen LogP) is -2.37. The number of phosphoric ester groups is 3. The van der Waals surface area contributed by atoms with Gasteiger partial charge in [-0.2, -0.15) is 8.88 Å². The Bertz CT molecular complexity index is 1910. The minimum absolute atomic E-state index is 0.00881. The Labute approximate surface area is 291 Å². The molecular formula is C24H34N6O19P3+. The summed E-state index contributed by atoms with van der Waals surface area (Å²) in [6, 6.07) is 1.33. The zero-order chi connectivity index (χ0) is 38.2. The lowest BCUT2D eigenvalue weighted by atomic mass is 10.1. The number of aryl methyl sites for hydroxylation is 1. The number of nitrogens with two attached hydrogens (primary N) is 1. The van der Waals surface area contributed by atoms with Gasteiger partial charge in [-0.15, -0.1) is 0 Å². The van der Waals surface area contributed by atoms with Crippen LogP contribution in [0, 0.1) is 0 Å². The number of fused-ring (bicyclic) bond motifs is 1. The molecule has 5 rings (SSSR count). The molecular weight excluding hydrogens is 769 g/mol. The van der Waals surface area contributed by atoms with Gasteiger partial charge in [-0.05, 0) is 18.9 Å². The lowest BCUT2D eigenvalue weighted by molar-refractivity contribution is -0.766. The van der Waals surface area contributed by atoms with Crippen LogP contribution in [0.15, 0.2) is 31.1 Å². The number of carboxylic acid groups (broad SMARTS) is 1. The first-order chi connectivity index (χ1) is 24.3. The van der Waals surface area contributed by atoms with Crippen LogP contribution in [0.4, 0.5) is 5.82 Å². The number of aliphatic hydroxyl groups is 4. The highest BCUT2D eigenvalue weighted by Crippen LogP contribution is 2.61. The van der Waals surface area contributed by atoms with Gasteiger partial charge < -0.3 is 60.3 Å². The average Bonchev–Trinajstić information content (AvgIpc) is 3.71. The molecule has 0 aliphatic carbocycles. The molecule has 0 bridgehead atoms. The van der Waals surface area contributed by atoms with Gasteiger partial charge in [0.2, 0.25) is 0 Å². The lowest BCUT2D eigenvalue weighted by Gasteiger charge is -2.22. The van der Waals surface area contributed by atoms with Crippen LogP contribution in [0.3, 0.4) is 0 Å². The number of carbonyl (C=O) groups is 1. The Kier molecular flexibility index (Phi) is 12.3. The zero-order valence-electron chi connectivity index (χ0n) is 26.3. The second kappa shape index (κ2) is 15.8. The summed E-state index contributed by atoms with van der Waals surface area (Å²) in [4.78, 5) is 62.5. The van der Waals surface area contributed by atoms with Crippen molar-refractivity contribution in [3.8, 4) is 0 Å². The number of nitrogen functional groups attached to an aromatic ring is 1. The van der Waals surface area contributed by atoms with E-state index in [0.29, 0.717) is 5.56 Å². The normalized spacial score (nSPS) is 28.9. The molecule has 0 spiro atoms. The summed E-state index contributed by atoms with van der Waals surface area (Å²) >= 11 is 0. The highest BCUT2D eigenvalue weighted by molar-refractivity contribution is 7.61. The van der Waals surface area contributed by atoms with Crippen molar-refractivity contribution in [2.75, 3.05) is 25.6 Å². The molecule has 2 saturated heterocycles. The third-order valence-corrected chi connectivity index (χ3v) is 10.8. The number of hydrogen-bond donors (Lipinski definition) is 10. The molecule has 10 atom stereocenters. The molecule has 52 heavy (non-hydrogen) atoms. The quantitative estimate of drug-likeness (QED) is 0.0534. The number of aliphatic hydroxyl groups excluding tert-OH is 4. The van der Waals surface area contributed by atoms with Crippen molar-refractivity contribution < 1.29 is 95.5 Å².